The van der Waals surface area contributed by atoms with E-state index in [0.717, 1.165) is 33.7 Å². The molecule has 2 unspecified atom stereocenters. The van der Waals surface area contributed by atoms with Gasteiger partial charge in [0.15, 0.2) is 0 Å². The van der Waals surface area contributed by atoms with Gasteiger partial charge in [0.1, 0.15) is 16.8 Å². The molecule has 8 heteroatoms. The molecule has 1 aliphatic carbocycles. The zero-order valence-electron chi connectivity index (χ0n) is 18.8. The van der Waals surface area contributed by atoms with Gasteiger partial charge in [0.25, 0.3) is 0 Å². The third-order valence-corrected chi connectivity index (χ3v) is 7.66. The van der Waals surface area contributed by atoms with Crippen LogP contribution in [0.15, 0.2) is 48.8 Å². The van der Waals surface area contributed by atoms with Crippen LogP contribution in [0, 0.1) is 17.2 Å². The number of nitrogens with one attached hydrogen (secondary N) is 1. The van der Waals surface area contributed by atoms with Crippen LogP contribution in [-0.4, -0.2) is 35.4 Å². The molecule has 1 fully saturated rings. The van der Waals surface area contributed by atoms with Crippen molar-refractivity contribution in [1.82, 2.24) is 9.88 Å². The Morgan fingerprint density at radius 1 is 1.26 bits per heavy atom. The molecule has 0 bridgehead atoms. The zero-order valence-corrected chi connectivity index (χ0v) is 19.6. The molecule has 3 heterocycles. The number of carbonyl (C=O) groups excluding carboxylic acids is 2. The molecule has 0 radical (unpaired) electrons. The van der Waals surface area contributed by atoms with Crippen molar-refractivity contribution in [3.05, 3.63) is 75.9 Å². The quantitative estimate of drug-likeness (QED) is 0.587. The average Bonchev–Trinajstić information content (AvgIpc) is 3.59. The lowest BCUT2D eigenvalue weighted by atomic mass is 10.0. The second-order valence-electron chi connectivity index (χ2n) is 8.60. The predicted molar refractivity (Wildman–Crippen MR) is 129 cm³/mol. The van der Waals surface area contributed by atoms with Gasteiger partial charge >= 0.3 is 0 Å². The Balaban J connectivity index is 1.27. The van der Waals surface area contributed by atoms with Gasteiger partial charge in [-0.15, -0.1) is 11.3 Å². The number of carbonyl (C=O) groups is 2. The number of thiophene rings is 1. The number of aromatic nitrogens is 1. The Bertz CT molecular complexity index is 1280. The highest BCUT2D eigenvalue weighted by molar-refractivity contribution is 7.16. The van der Waals surface area contributed by atoms with E-state index in [9.17, 15) is 14.9 Å². The number of rotatable bonds is 6. The molecule has 1 aromatic carbocycles. The third-order valence-electron chi connectivity index (χ3n) is 6.53. The van der Waals surface area contributed by atoms with Crippen molar-refractivity contribution in [3.8, 4) is 11.8 Å². The molecule has 3 aromatic rings. The van der Waals surface area contributed by atoms with Crippen LogP contribution >= 0.6 is 11.3 Å². The van der Waals surface area contributed by atoms with E-state index in [1.807, 2.05) is 41.3 Å². The molecule has 1 N–H and O–H groups in total. The minimum Gasteiger partial charge on any atom is -0.496 e. The Hall–Kier alpha value is -3.70. The van der Waals surface area contributed by atoms with E-state index in [0.29, 0.717) is 36.5 Å². The first kappa shape index (κ1) is 22.1. The summed E-state index contributed by atoms with van der Waals surface area (Å²) in [6, 6.07) is 13.7. The molecule has 2 amide bonds. The summed E-state index contributed by atoms with van der Waals surface area (Å²) in [6.45, 7) is 1.02. The number of benzene rings is 1. The van der Waals surface area contributed by atoms with Crippen molar-refractivity contribution < 1.29 is 14.3 Å². The van der Waals surface area contributed by atoms with E-state index < -0.39 is 0 Å². The second-order valence-corrected chi connectivity index (χ2v) is 9.70. The Morgan fingerprint density at radius 2 is 2.06 bits per heavy atom. The van der Waals surface area contributed by atoms with Crippen LogP contribution in [0.1, 0.15) is 39.5 Å². The molecule has 1 saturated carbocycles. The van der Waals surface area contributed by atoms with E-state index in [1.54, 1.807) is 19.5 Å². The molecule has 2 atom stereocenters. The summed E-state index contributed by atoms with van der Waals surface area (Å²) in [6.07, 6.45) is 5.06. The molecule has 172 valence electrons. The summed E-state index contributed by atoms with van der Waals surface area (Å²) in [7, 11) is 1.64. The van der Waals surface area contributed by atoms with Crippen molar-refractivity contribution in [1.29, 1.82) is 5.26 Å². The van der Waals surface area contributed by atoms with Gasteiger partial charge in [0.2, 0.25) is 11.8 Å². The fraction of sp³-hybridized carbons (Fsp3) is 0.308. The van der Waals surface area contributed by atoms with Crippen LogP contribution in [0.2, 0.25) is 0 Å². The molecule has 0 saturated heterocycles. The molecule has 2 aliphatic rings. The minimum absolute atomic E-state index is 0.0481. The SMILES string of the molecule is COc1ccccc1C1CC1C(=O)Nc1sc2c(c1C#N)CCN(C(=O)Cc1ccncc1)C2. The lowest BCUT2D eigenvalue weighted by Gasteiger charge is -2.27. The molecule has 0 spiro atoms. The third kappa shape index (κ3) is 4.27. The normalized spacial score (nSPS) is 18.5. The van der Waals surface area contributed by atoms with Gasteiger partial charge in [-0.05, 0) is 53.6 Å². The first-order valence-electron chi connectivity index (χ1n) is 11.2. The lowest BCUT2D eigenvalue weighted by Crippen LogP contribution is -2.36. The topological polar surface area (TPSA) is 95.3 Å². The summed E-state index contributed by atoms with van der Waals surface area (Å²) in [5.74, 6) is 0.755. The maximum absolute atomic E-state index is 13.0. The maximum Gasteiger partial charge on any atom is 0.228 e. The highest BCUT2D eigenvalue weighted by Gasteiger charge is 2.45. The summed E-state index contributed by atoms with van der Waals surface area (Å²) >= 11 is 1.41. The highest BCUT2D eigenvalue weighted by Crippen LogP contribution is 2.51. The van der Waals surface area contributed by atoms with E-state index in [1.165, 1.54) is 11.3 Å². The molecular formula is C26H24N4O3S. The molecular weight excluding hydrogens is 448 g/mol. The van der Waals surface area contributed by atoms with Crippen LogP contribution < -0.4 is 10.1 Å². The van der Waals surface area contributed by atoms with Crippen molar-refractivity contribution in [2.24, 2.45) is 5.92 Å². The average molecular weight is 473 g/mol. The molecule has 34 heavy (non-hydrogen) atoms. The Kier molecular flexibility index (Phi) is 6.03. The van der Waals surface area contributed by atoms with Crippen LogP contribution in [0.4, 0.5) is 5.00 Å². The van der Waals surface area contributed by atoms with Gasteiger partial charge < -0.3 is 15.0 Å². The number of nitriles is 1. The Labute approximate surface area is 202 Å². The number of nitrogens with zero attached hydrogens (tertiary/aromatic N) is 3. The fourth-order valence-electron chi connectivity index (χ4n) is 4.62. The van der Waals surface area contributed by atoms with Crippen molar-refractivity contribution in [3.63, 3.8) is 0 Å². The number of ether oxygens (including phenoxy) is 1. The summed E-state index contributed by atoms with van der Waals surface area (Å²) in [4.78, 5) is 32.6. The highest BCUT2D eigenvalue weighted by atomic mass is 32.1. The van der Waals surface area contributed by atoms with E-state index in [-0.39, 0.29) is 23.7 Å². The minimum atomic E-state index is -0.139. The standard InChI is InChI=1S/C26H24N4O3S/c1-33-22-5-3-2-4-17(22)19-13-20(19)25(32)29-26-21(14-27)18-8-11-30(15-23(18)34-26)24(31)12-16-6-9-28-10-7-16/h2-7,9-10,19-20H,8,11-13,15H2,1H3,(H,29,32). The van der Waals surface area contributed by atoms with E-state index >= 15 is 0 Å². The van der Waals surface area contributed by atoms with Crippen LogP contribution in [0.25, 0.3) is 0 Å². The number of methoxy groups -OCH3 is 1. The van der Waals surface area contributed by atoms with Crippen LogP contribution in [-0.2, 0) is 29.0 Å². The number of hydrogen-bond donors (Lipinski definition) is 1. The van der Waals surface area contributed by atoms with Gasteiger partial charge in [-0.1, -0.05) is 18.2 Å². The van der Waals surface area contributed by atoms with Crippen molar-refractivity contribution in [2.75, 3.05) is 19.0 Å². The molecule has 1 aliphatic heterocycles. The monoisotopic (exact) mass is 472 g/mol. The number of anilines is 1. The number of fused-ring (bicyclic) bond motifs is 1. The molecule has 7 nitrogen and oxygen atoms in total. The second kappa shape index (κ2) is 9.27. The van der Waals surface area contributed by atoms with Gasteiger partial charge in [0.05, 0.1) is 25.6 Å². The number of amides is 2. The van der Waals surface area contributed by atoms with Gasteiger partial charge in [0, 0.05) is 29.7 Å². The van der Waals surface area contributed by atoms with Crippen molar-refractivity contribution >= 4 is 28.2 Å². The predicted octanol–water partition coefficient (Wildman–Crippen LogP) is 3.89. The molecule has 2 aromatic heterocycles. The van der Waals surface area contributed by atoms with Crippen molar-refractivity contribution in [2.45, 2.75) is 31.7 Å². The van der Waals surface area contributed by atoms with Crippen LogP contribution in [0.3, 0.4) is 0 Å². The van der Waals surface area contributed by atoms with E-state index in [4.69, 9.17) is 4.74 Å². The summed E-state index contributed by atoms with van der Waals surface area (Å²) < 4.78 is 5.44. The lowest BCUT2D eigenvalue weighted by molar-refractivity contribution is -0.131. The number of para-hydroxylation sites is 1. The zero-order chi connectivity index (χ0) is 23.7. The fourth-order valence-corrected chi connectivity index (χ4v) is 5.83. The molecule has 5 rings (SSSR count). The first-order valence-corrected chi connectivity index (χ1v) is 12.1. The summed E-state index contributed by atoms with van der Waals surface area (Å²) in [5.41, 5.74) is 3.45. The largest absolute Gasteiger partial charge is 0.496 e. The van der Waals surface area contributed by atoms with Gasteiger partial charge in [-0.3, -0.25) is 14.6 Å². The number of hydrogen-bond acceptors (Lipinski definition) is 6. The Morgan fingerprint density at radius 3 is 2.82 bits per heavy atom. The summed E-state index contributed by atoms with van der Waals surface area (Å²) in [5, 5.41) is 13.4. The maximum atomic E-state index is 13.0. The van der Waals surface area contributed by atoms with Gasteiger partial charge in [-0.2, -0.15) is 5.26 Å². The number of pyridine rings is 1. The first-order chi connectivity index (χ1) is 16.6. The smallest absolute Gasteiger partial charge is 0.228 e. The van der Waals surface area contributed by atoms with Gasteiger partial charge in [-0.25, -0.2) is 0 Å². The van der Waals surface area contributed by atoms with Crippen LogP contribution in [0.5, 0.6) is 5.75 Å². The van der Waals surface area contributed by atoms with E-state index in [2.05, 4.69) is 16.4 Å².